The third-order valence-electron chi connectivity index (χ3n) is 3.03. The SMILES string of the molecule is C[C@H]1Oc2ccccc2O[C@H]1C(=O)Nc1cccnc1. The maximum absolute atomic E-state index is 12.2. The molecule has 3 rings (SSSR count). The van der Waals surface area contributed by atoms with Crippen molar-refractivity contribution in [1.29, 1.82) is 0 Å². The number of hydrogen-bond acceptors (Lipinski definition) is 4. The smallest absolute Gasteiger partial charge is 0.269 e. The Morgan fingerprint density at radius 3 is 2.60 bits per heavy atom. The number of carbonyl (C=O) groups excluding carboxylic acids is 1. The van der Waals surface area contributed by atoms with Crippen LogP contribution in [0.4, 0.5) is 5.69 Å². The van der Waals surface area contributed by atoms with E-state index in [4.69, 9.17) is 9.47 Å². The lowest BCUT2D eigenvalue weighted by molar-refractivity contribution is -0.128. The maximum Gasteiger partial charge on any atom is 0.269 e. The van der Waals surface area contributed by atoms with Crippen LogP contribution < -0.4 is 14.8 Å². The number of rotatable bonds is 2. The van der Waals surface area contributed by atoms with Gasteiger partial charge >= 0.3 is 0 Å². The molecule has 102 valence electrons. The minimum atomic E-state index is -0.690. The van der Waals surface area contributed by atoms with E-state index in [9.17, 15) is 4.79 Å². The molecule has 2 heterocycles. The fourth-order valence-electron chi connectivity index (χ4n) is 2.06. The van der Waals surface area contributed by atoms with Crippen molar-refractivity contribution in [2.24, 2.45) is 0 Å². The summed E-state index contributed by atoms with van der Waals surface area (Å²) in [4.78, 5) is 16.2. The number of fused-ring (bicyclic) bond motifs is 1. The first-order valence-electron chi connectivity index (χ1n) is 6.37. The lowest BCUT2D eigenvalue weighted by atomic mass is 10.1. The van der Waals surface area contributed by atoms with Gasteiger partial charge in [0.1, 0.15) is 6.10 Å². The second-order valence-electron chi connectivity index (χ2n) is 4.54. The van der Waals surface area contributed by atoms with E-state index >= 15 is 0 Å². The molecule has 1 aliphatic rings. The highest BCUT2D eigenvalue weighted by molar-refractivity contribution is 5.94. The molecule has 5 heteroatoms. The predicted molar refractivity (Wildman–Crippen MR) is 73.8 cm³/mol. The van der Waals surface area contributed by atoms with Crippen molar-refractivity contribution in [3.05, 3.63) is 48.8 Å². The van der Waals surface area contributed by atoms with Crippen molar-refractivity contribution in [2.75, 3.05) is 5.32 Å². The highest BCUT2D eigenvalue weighted by atomic mass is 16.6. The van der Waals surface area contributed by atoms with E-state index in [1.54, 1.807) is 30.6 Å². The highest BCUT2D eigenvalue weighted by Crippen LogP contribution is 2.33. The zero-order valence-corrected chi connectivity index (χ0v) is 10.9. The lowest BCUT2D eigenvalue weighted by Crippen LogP contribution is -2.46. The van der Waals surface area contributed by atoms with Crippen LogP contribution in [0.1, 0.15) is 6.92 Å². The molecule has 2 atom stereocenters. The summed E-state index contributed by atoms with van der Waals surface area (Å²) in [7, 11) is 0. The summed E-state index contributed by atoms with van der Waals surface area (Å²) in [5, 5.41) is 2.77. The van der Waals surface area contributed by atoms with Gasteiger partial charge in [0.25, 0.3) is 5.91 Å². The van der Waals surface area contributed by atoms with E-state index in [-0.39, 0.29) is 12.0 Å². The van der Waals surface area contributed by atoms with Gasteiger partial charge in [-0.2, -0.15) is 0 Å². The Kier molecular flexibility index (Phi) is 3.25. The molecule has 0 saturated heterocycles. The number of carbonyl (C=O) groups is 1. The number of pyridine rings is 1. The first-order chi connectivity index (χ1) is 9.74. The Morgan fingerprint density at radius 1 is 1.15 bits per heavy atom. The molecule has 0 saturated carbocycles. The minimum Gasteiger partial charge on any atom is -0.482 e. The first kappa shape index (κ1) is 12.5. The highest BCUT2D eigenvalue weighted by Gasteiger charge is 2.34. The number of aromatic nitrogens is 1. The van der Waals surface area contributed by atoms with Crippen LogP contribution in [0.25, 0.3) is 0 Å². The molecular weight excluding hydrogens is 256 g/mol. The molecule has 2 aromatic rings. The van der Waals surface area contributed by atoms with E-state index in [1.165, 1.54) is 0 Å². The zero-order chi connectivity index (χ0) is 13.9. The van der Waals surface area contributed by atoms with Crippen LogP contribution >= 0.6 is 0 Å². The molecule has 20 heavy (non-hydrogen) atoms. The molecule has 0 spiro atoms. The van der Waals surface area contributed by atoms with Gasteiger partial charge in [-0.1, -0.05) is 12.1 Å². The average molecular weight is 270 g/mol. The minimum absolute atomic E-state index is 0.250. The van der Waals surface area contributed by atoms with Crippen molar-refractivity contribution in [3.63, 3.8) is 0 Å². The molecule has 1 aromatic carbocycles. The normalized spacial score (nSPS) is 20.2. The number of anilines is 1. The predicted octanol–water partition coefficient (Wildman–Crippen LogP) is 2.25. The molecule has 5 nitrogen and oxygen atoms in total. The third kappa shape index (κ3) is 2.42. The molecule has 0 radical (unpaired) electrons. The molecule has 1 aliphatic heterocycles. The fourth-order valence-corrected chi connectivity index (χ4v) is 2.06. The summed E-state index contributed by atoms with van der Waals surface area (Å²) < 4.78 is 11.4. The quantitative estimate of drug-likeness (QED) is 0.909. The van der Waals surface area contributed by atoms with Gasteiger partial charge in [-0.3, -0.25) is 9.78 Å². The van der Waals surface area contributed by atoms with E-state index in [0.29, 0.717) is 17.2 Å². The third-order valence-corrected chi connectivity index (χ3v) is 3.03. The van der Waals surface area contributed by atoms with E-state index in [0.717, 1.165) is 0 Å². The van der Waals surface area contributed by atoms with Crippen LogP contribution in [0, 0.1) is 0 Å². The summed E-state index contributed by atoms with van der Waals surface area (Å²) in [6.45, 7) is 1.81. The van der Waals surface area contributed by atoms with Crippen LogP contribution in [0.5, 0.6) is 11.5 Å². The number of nitrogens with zero attached hydrogens (tertiary/aromatic N) is 1. The molecule has 0 aliphatic carbocycles. The molecule has 0 fully saturated rings. The summed E-state index contributed by atoms with van der Waals surface area (Å²) >= 11 is 0. The Bertz CT molecular complexity index is 616. The van der Waals surface area contributed by atoms with Gasteiger partial charge in [0.2, 0.25) is 6.10 Å². The monoisotopic (exact) mass is 270 g/mol. The lowest BCUT2D eigenvalue weighted by Gasteiger charge is -2.30. The number of nitrogens with one attached hydrogen (secondary N) is 1. The number of benzene rings is 1. The van der Waals surface area contributed by atoms with E-state index in [2.05, 4.69) is 10.3 Å². The number of amides is 1. The fraction of sp³-hybridized carbons (Fsp3) is 0.200. The Labute approximate surface area is 116 Å². The molecule has 1 amide bonds. The second-order valence-corrected chi connectivity index (χ2v) is 4.54. The largest absolute Gasteiger partial charge is 0.482 e. The van der Waals surface area contributed by atoms with Gasteiger partial charge in [0.05, 0.1) is 11.9 Å². The average Bonchev–Trinajstić information content (AvgIpc) is 2.47. The Morgan fingerprint density at radius 2 is 1.90 bits per heavy atom. The van der Waals surface area contributed by atoms with E-state index < -0.39 is 6.10 Å². The number of para-hydroxylation sites is 2. The van der Waals surface area contributed by atoms with Crippen LogP contribution in [-0.2, 0) is 4.79 Å². The first-order valence-corrected chi connectivity index (χ1v) is 6.37. The van der Waals surface area contributed by atoms with Gasteiger partial charge in [-0.15, -0.1) is 0 Å². The van der Waals surface area contributed by atoms with E-state index in [1.807, 2.05) is 25.1 Å². The van der Waals surface area contributed by atoms with Gasteiger partial charge in [0, 0.05) is 6.20 Å². The summed E-state index contributed by atoms with van der Waals surface area (Å²) in [6, 6.07) is 10.8. The van der Waals surface area contributed by atoms with Gasteiger partial charge < -0.3 is 14.8 Å². The Hall–Kier alpha value is -2.56. The molecule has 1 aromatic heterocycles. The topological polar surface area (TPSA) is 60.5 Å². The summed E-state index contributed by atoms with van der Waals surface area (Å²) in [6.07, 6.45) is 2.18. The number of hydrogen-bond donors (Lipinski definition) is 1. The van der Waals surface area contributed by atoms with Crippen molar-refractivity contribution in [1.82, 2.24) is 4.98 Å². The van der Waals surface area contributed by atoms with Crippen LogP contribution in [0.15, 0.2) is 48.8 Å². The van der Waals surface area contributed by atoms with Gasteiger partial charge in [-0.25, -0.2) is 0 Å². The zero-order valence-electron chi connectivity index (χ0n) is 10.9. The maximum atomic E-state index is 12.2. The van der Waals surface area contributed by atoms with Crippen molar-refractivity contribution in [3.8, 4) is 11.5 Å². The number of ether oxygens (including phenoxy) is 2. The van der Waals surface area contributed by atoms with Crippen LogP contribution in [0.3, 0.4) is 0 Å². The summed E-state index contributed by atoms with van der Waals surface area (Å²) in [5.41, 5.74) is 0.632. The summed E-state index contributed by atoms with van der Waals surface area (Å²) in [5.74, 6) is 0.988. The Balaban J connectivity index is 1.76. The molecule has 1 N–H and O–H groups in total. The standard InChI is InChI=1S/C15H14N2O3/c1-10-14(15(18)17-11-5-4-8-16-9-11)20-13-7-3-2-6-12(13)19-10/h2-10,14H,1H3,(H,17,18)/t10-,14-/m1/s1. The van der Waals surface area contributed by atoms with Crippen LogP contribution in [-0.4, -0.2) is 23.1 Å². The van der Waals surface area contributed by atoms with Crippen LogP contribution in [0.2, 0.25) is 0 Å². The molecule has 0 bridgehead atoms. The van der Waals surface area contributed by atoms with Gasteiger partial charge in [0.15, 0.2) is 11.5 Å². The van der Waals surface area contributed by atoms with Crippen molar-refractivity contribution in [2.45, 2.75) is 19.1 Å². The van der Waals surface area contributed by atoms with Crippen molar-refractivity contribution < 1.29 is 14.3 Å². The molecular formula is C15H14N2O3. The molecule has 0 unspecified atom stereocenters. The van der Waals surface area contributed by atoms with Gasteiger partial charge in [-0.05, 0) is 31.2 Å². The second kappa shape index (κ2) is 5.21. The van der Waals surface area contributed by atoms with Crippen molar-refractivity contribution >= 4 is 11.6 Å².